The molecule has 0 radical (unpaired) electrons. The van der Waals surface area contributed by atoms with E-state index in [1.54, 1.807) is 7.11 Å². The Morgan fingerprint density at radius 2 is 2.06 bits per heavy atom. The number of nitrogens with two attached hydrogens (primary N) is 1. The Bertz CT molecular complexity index is 324. The van der Waals surface area contributed by atoms with Crippen LogP contribution < -0.4 is 10.5 Å². The highest BCUT2D eigenvalue weighted by Crippen LogP contribution is 2.21. The van der Waals surface area contributed by atoms with Crippen LogP contribution in [0, 0.1) is 0 Å². The van der Waals surface area contributed by atoms with Gasteiger partial charge in [-0.05, 0) is 50.7 Å². The number of ether oxygens (including phenoxy) is 1. The predicted molar refractivity (Wildman–Crippen MR) is 67.8 cm³/mol. The molecule has 0 aliphatic rings. The second-order valence-electron chi connectivity index (χ2n) is 4.28. The van der Waals surface area contributed by atoms with Gasteiger partial charge in [-0.1, -0.05) is 12.1 Å². The van der Waals surface area contributed by atoms with Gasteiger partial charge in [0.2, 0.25) is 0 Å². The van der Waals surface area contributed by atoms with Gasteiger partial charge in [-0.25, -0.2) is 0 Å². The standard InChI is InChI=1S/C13H22N2O/c1-15(2)10-11-6-7-13(16-3)12(9-11)5-4-8-14/h6-7,9H,4-5,8,10,14H2,1-3H3. The van der Waals surface area contributed by atoms with Crippen molar-refractivity contribution in [1.29, 1.82) is 0 Å². The van der Waals surface area contributed by atoms with Gasteiger partial charge in [0.1, 0.15) is 5.75 Å². The lowest BCUT2D eigenvalue weighted by atomic mass is 10.0. The summed E-state index contributed by atoms with van der Waals surface area (Å²) in [4.78, 5) is 2.16. The Morgan fingerprint density at radius 3 is 2.62 bits per heavy atom. The molecule has 0 unspecified atom stereocenters. The topological polar surface area (TPSA) is 38.5 Å². The molecule has 1 aromatic rings. The third-order valence-electron chi connectivity index (χ3n) is 2.49. The van der Waals surface area contributed by atoms with E-state index in [-0.39, 0.29) is 0 Å². The van der Waals surface area contributed by atoms with Crippen LogP contribution in [0.3, 0.4) is 0 Å². The number of rotatable bonds is 6. The lowest BCUT2D eigenvalue weighted by Crippen LogP contribution is -2.11. The molecule has 0 aliphatic heterocycles. The summed E-state index contributed by atoms with van der Waals surface area (Å²) in [5.74, 6) is 0.968. The molecule has 1 rings (SSSR count). The monoisotopic (exact) mass is 222 g/mol. The smallest absolute Gasteiger partial charge is 0.122 e. The highest BCUT2D eigenvalue weighted by molar-refractivity contribution is 5.37. The first-order valence-electron chi connectivity index (χ1n) is 5.68. The van der Waals surface area contributed by atoms with Gasteiger partial charge in [0.25, 0.3) is 0 Å². The first-order valence-corrected chi connectivity index (χ1v) is 5.68. The van der Waals surface area contributed by atoms with Crippen LogP contribution in [-0.4, -0.2) is 32.6 Å². The highest BCUT2D eigenvalue weighted by Gasteiger charge is 2.04. The van der Waals surface area contributed by atoms with Gasteiger partial charge in [-0.15, -0.1) is 0 Å². The summed E-state index contributed by atoms with van der Waals surface area (Å²) < 4.78 is 5.35. The van der Waals surface area contributed by atoms with E-state index in [9.17, 15) is 0 Å². The Kier molecular flexibility index (Phi) is 5.29. The van der Waals surface area contributed by atoms with Crippen LogP contribution in [0.4, 0.5) is 0 Å². The SMILES string of the molecule is COc1ccc(CN(C)C)cc1CCCN. The van der Waals surface area contributed by atoms with Crippen LogP contribution >= 0.6 is 0 Å². The van der Waals surface area contributed by atoms with Crippen LogP contribution in [0.2, 0.25) is 0 Å². The number of methoxy groups -OCH3 is 1. The zero-order chi connectivity index (χ0) is 12.0. The third-order valence-corrected chi connectivity index (χ3v) is 2.49. The van der Waals surface area contributed by atoms with Crippen molar-refractivity contribution in [1.82, 2.24) is 4.90 Å². The van der Waals surface area contributed by atoms with Crippen LogP contribution in [0.5, 0.6) is 5.75 Å². The van der Waals surface area contributed by atoms with Crippen molar-refractivity contribution >= 4 is 0 Å². The molecule has 90 valence electrons. The summed E-state index contributed by atoms with van der Waals surface area (Å²) in [5.41, 5.74) is 8.11. The average Bonchev–Trinajstić information content (AvgIpc) is 2.25. The van der Waals surface area contributed by atoms with E-state index in [0.717, 1.165) is 31.7 Å². The fourth-order valence-corrected chi connectivity index (χ4v) is 1.78. The Hall–Kier alpha value is -1.06. The molecule has 0 amide bonds. The number of nitrogens with zero attached hydrogens (tertiary/aromatic N) is 1. The molecule has 16 heavy (non-hydrogen) atoms. The van der Waals surface area contributed by atoms with Gasteiger partial charge in [-0.2, -0.15) is 0 Å². The van der Waals surface area contributed by atoms with E-state index < -0.39 is 0 Å². The van der Waals surface area contributed by atoms with Crippen LogP contribution in [0.15, 0.2) is 18.2 Å². The van der Waals surface area contributed by atoms with Gasteiger partial charge in [0, 0.05) is 6.54 Å². The molecule has 3 nitrogen and oxygen atoms in total. The van der Waals surface area contributed by atoms with Crippen LogP contribution in [-0.2, 0) is 13.0 Å². The molecule has 3 heteroatoms. The first-order chi connectivity index (χ1) is 7.67. The average molecular weight is 222 g/mol. The van der Waals surface area contributed by atoms with Gasteiger partial charge in [0.15, 0.2) is 0 Å². The fraction of sp³-hybridized carbons (Fsp3) is 0.538. The molecule has 0 atom stereocenters. The van der Waals surface area contributed by atoms with Gasteiger partial charge in [-0.3, -0.25) is 0 Å². The molecule has 0 spiro atoms. The van der Waals surface area contributed by atoms with E-state index in [1.165, 1.54) is 11.1 Å². The number of hydrogen-bond acceptors (Lipinski definition) is 3. The van der Waals surface area contributed by atoms with Crippen molar-refractivity contribution in [2.24, 2.45) is 5.73 Å². The summed E-state index contributed by atoms with van der Waals surface area (Å²) in [5, 5.41) is 0. The van der Waals surface area contributed by atoms with E-state index in [1.807, 2.05) is 6.07 Å². The van der Waals surface area contributed by atoms with E-state index >= 15 is 0 Å². The molecule has 0 saturated heterocycles. The molecule has 0 aliphatic carbocycles. The van der Waals surface area contributed by atoms with Crippen molar-refractivity contribution in [2.75, 3.05) is 27.7 Å². The second kappa shape index (κ2) is 6.51. The second-order valence-corrected chi connectivity index (χ2v) is 4.28. The Labute approximate surface area is 98.2 Å². The quantitative estimate of drug-likeness (QED) is 0.795. The zero-order valence-electron chi connectivity index (χ0n) is 10.5. The van der Waals surface area contributed by atoms with E-state index in [0.29, 0.717) is 0 Å². The summed E-state index contributed by atoms with van der Waals surface area (Å²) in [6.07, 6.45) is 1.99. The largest absolute Gasteiger partial charge is 0.496 e. The van der Waals surface area contributed by atoms with Crippen molar-refractivity contribution in [3.8, 4) is 5.75 Å². The lowest BCUT2D eigenvalue weighted by molar-refractivity contribution is 0.397. The molecular formula is C13H22N2O. The van der Waals surface area contributed by atoms with Crippen LogP contribution in [0.1, 0.15) is 17.5 Å². The molecule has 2 N–H and O–H groups in total. The normalized spacial score (nSPS) is 10.8. The highest BCUT2D eigenvalue weighted by atomic mass is 16.5. The molecule has 0 fully saturated rings. The maximum atomic E-state index is 5.54. The Balaban J connectivity index is 2.83. The first kappa shape index (κ1) is 13.0. The summed E-state index contributed by atoms with van der Waals surface area (Å²) in [6, 6.07) is 6.38. The van der Waals surface area contributed by atoms with Crippen LogP contribution in [0.25, 0.3) is 0 Å². The zero-order valence-corrected chi connectivity index (χ0v) is 10.5. The number of benzene rings is 1. The summed E-state index contributed by atoms with van der Waals surface area (Å²) >= 11 is 0. The molecule has 0 bridgehead atoms. The van der Waals surface area contributed by atoms with Gasteiger partial charge >= 0.3 is 0 Å². The maximum Gasteiger partial charge on any atom is 0.122 e. The van der Waals surface area contributed by atoms with Crippen molar-refractivity contribution in [2.45, 2.75) is 19.4 Å². The fourth-order valence-electron chi connectivity index (χ4n) is 1.78. The van der Waals surface area contributed by atoms with Crippen molar-refractivity contribution in [3.63, 3.8) is 0 Å². The van der Waals surface area contributed by atoms with Crippen molar-refractivity contribution in [3.05, 3.63) is 29.3 Å². The molecule has 0 heterocycles. The summed E-state index contributed by atoms with van der Waals surface area (Å²) in [7, 11) is 5.86. The molecule has 0 saturated carbocycles. The lowest BCUT2D eigenvalue weighted by Gasteiger charge is -2.13. The minimum atomic E-state index is 0.723. The minimum absolute atomic E-state index is 0.723. The number of hydrogen-bond donors (Lipinski definition) is 1. The molecule has 1 aromatic carbocycles. The van der Waals surface area contributed by atoms with E-state index in [2.05, 4.69) is 31.1 Å². The van der Waals surface area contributed by atoms with E-state index in [4.69, 9.17) is 10.5 Å². The summed E-state index contributed by atoms with van der Waals surface area (Å²) in [6.45, 7) is 1.68. The third kappa shape index (κ3) is 3.83. The maximum absolute atomic E-state index is 5.54. The number of aryl methyl sites for hydroxylation is 1. The van der Waals surface area contributed by atoms with Crippen molar-refractivity contribution < 1.29 is 4.74 Å². The molecule has 0 aromatic heterocycles. The van der Waals surface area contributed by atoms with Gasteiger partial charge in [0.05, 0.1) is 7.11 Å². The molecular weight excluding hydrogens is 200 g/mol. The van der Waals surface area contributed by atoms with Gasteiger partial charge < -0.3 is 15.4 Å². The predicted octanol–water partition coefficient (Wildman–Crippen LogP) is 1.65. The minimum Gasteiger partial charge on any atom is -0.496 e. The Morgan fingerprint density at radius 1 is 1.31 bits per heavy atom.